The van der Waals surface area contributed by atoms with Gasteiger partial charge in [0.1, 0.15) is 5.75 Å². The van der Waals surface area contributed by atoms with Crippen LogP contribution in [0.15, 0.2) is 48.5 Å². The molecule has 1 saturated heterocycles. The largest absolute Gasteiger partial charge is 0.497 e. The van der Waals surface area contributed by atoms with Gasteiger partial charge in [-0.05, 0) is 42.0 Å². The molecule has 162 valence electrons. The van der Waals surface area contributed by atoms with Crippen LogP contribution in [0.4, 0.5) is 0 Å². The first-order valence-corrected chi connectivity index (χ1v) is 11.0. The van der Waals surface area contributed by atoms with Crippen molar-refractivity contribution in [1.82, 2.24) is 9.80 Å². The normalized spacial score (nSPS) is 19.3. The average molecular weight is 409 g/mol. The first kappa shape index (κ1) is 22.4. The molecule has 2 unspecified atom stereocenters. The number of aryl methyl sites for hydroxylation is 1. The van der Waals surface area contributed by atoms with E-state index in [2.05, 4.69) is 68.1 Å². The van der Waals surface area contributed by atoms with Gasteiger partial charge in [0.15, 0.2) is 0 Å². The van der Waals surface area contributed by atoms with Crippen LogP contribution in [0, 0.1) is 18.8 Å². The Kier molecular flexibility index (Phi) is 7.54. The quantitative estimate of drug-likeness (QED) is 0.633. The summed E-state index contributed by atoms with van der Waals surface area (Å²) in [6, 6.07) is 17.2. The van der Waals surface area contributed by atoms with E-state index in [9.17, 15) is 4.79 Å². The fraction of sp³-hybridized carbons (Fsp3) is 0.500. The minimum Gasteiger partial charge on any atom is -0.497 e. The highest BCUT2D eigenvalue weighted by atomic mass is 16.5. The van der Waals surface area contributed by atoms with Gasteiger partial charge < -0.3 is 9.64 Å². The third kappa shape index (κ3) is 5.85. The van der Waals surface area contributed by atoms with Crippen LogP contribution in [0.2, 0.25) is 0 Å². The highest BCUT2D eigenvalue weighted by molar-refractivity contribution is 5.73. The third-order valence-electron chi connectivity index (χ3n) is 6.01. The zero-order chi connectivity index (χ0) is 21.7. The number of likely N-dealkylation sites (tertiary alicyclic amines) is 1. The topological polar surface area (TPSA) is 32.8 Å². The molecular weight excluding hydrogens is 372 g/mol. The van der Waals surface area contributed by atoms with E-state index in [1.807, 2.05) is 11.0 Å². The number of hydrogen-bond donors (Lipinski definition) is 0. The minimum absolute atomic E-state index is 0.172. The highest BCUT2D eigenvalue weighted by Crippen LogP contribution is 2.35. The molecule has 0 aliphatic carbocycles. The van der Waals surface area contributed by atoms with Crippen LogP contribution in [-0.4, -0.2) is 49.0 Å². The van der Waals surface area contributed by atoms with Crippen molar-refractivity contribution in [3.63, 3.8) is 0 Å². The van der Waals surface area contributed by atoms with Crippen molar-refractivity contribution in [2.24, 2.45) is 11.8 Å². The first-order valence-electron chi connectivity index (χ1n) is 11.0. The van der Waals surface area contributed by atoms with Crippen LogP contribution in [0.3, 0.4) is 0 Å². The molecule has 1 fully saturated rings. The van der Waals surface area contributed by atoms with Gasteiger partial charge in [0.05, 0.1) is 7.11 Å². The van der Waals surface area contributed by atoms with Gasteiger partial charge in [0.25, 0.3) is 0 Å². The highest BCUT2D eigenvalue weighted by Gasteiger charge is 2.35. The number of rotatable bonds is 8. The van der Waals surface area contributed by atoms with Crippen LogP contribution in [0.25, 0.3) is 0 Å². The summed E-state index contributed by atoms with van der Waals surface area (Å²) in [5.74, 6) is 2.33. The molecule has 3 rings (SSSR count). The standard InChI is InChI=1S/C26H36N2O2/c1-19(2)14-28(21(4)29)17-24-16-27(15-22-9-6-8-20(3)12-22)18-26(24)23-10-7-11-25(13-23)30-5/h6-13,19,24,26H,14-18H2,1-5H3. The number of carbonyl (C=O) groups is 1. The predicted molar refractivity (Wildman–Crippen MR) is 123 cm³/mol. The summed E-state index contributed by atoms with van der Waals surface area (Å²) >= 11 is 0. The maximum atomic E-state index is 12.3. The second kappa shape index (κ2) is 10.1. The van der Waals surface area contributed by atoms with E-state index < -0.39 is 0 Å². The molecule has 2 aromatic rings. The minimum atomic E-state index is 0.172. The molecular formula is C26H36N2O2. The molecule has 0 bridgehead atoms. The second-order valence-corrected chi connectivity index (χ2v) is 9.14. The van der Waals surface area contributed by atoms with Crippen LogP contribution < -0.4 is 4.74 Å². The number of carbonyl (C=O) groups excluding carboxylic acids is 1. The Labute approximate surface area is 181 Å². The van der Waals surface area contributed by atoms with E-state index in [1.54, 1.807) is 14.0 Å². The Morgan fingerprint density at radius 3 is 2.60 bits per heavy atom. The Morgan fingerprint density at radius 2 is 1.93 bits per heavy atom. The van der Waals surface area contributed by atoms with Crippen molar-refractivity contribution >= 4 is 5.91 Å². The summed E-state index contributed by atoms with van der Waals surface area (Å²) in [5, 5.41) is 0. The predicted octanol–water partition coefficient (Wildman–Crippen LogP) is 4.72. The van der Waals surface area contributed by atoms with Crippen molar-refractivity contribution in [1.29, 1.82) is 0 Å². The lowest BCUT2D eigenvalue weighted by atomic mass is 9.88. The van der Waals surface area contributed by atoms with Crippen molar-refractivity contribution in [2.75, 3.05) is 33.3 Å². The maximum absolute atomic E-state index is 12.3. The van der Waals surface area contributed by atoms with Gasteiger partial charge in [-0.25, -0.2) is 0 Å². The van der Waals surface area contributed by atoms with Crippen molar-refractivity contribution in [2.45, 2.75) is 40.2 Å². The third-order valence-corrected chi connectivity index (χ3v) is 6.01. The van der Waals surface area contributed by atoms with E-state index in [0.717, 1.165) is 38.5 Å². The van der Waals surface area contributed by atoms with Gasteiger partial charge in [-0.2, -0.15) is 0 Å². The van der Waals surface area contributed by atoms with Crippen LogP contribution >= 0.6 is 0 Å². The van der Waals surface area contributed by atoms with Crippen molar-refractivity contribution in [3.05, 3.63) is 65.2 Å². The molecule has 0 radical (unpaired) electrons. The van der Waals surface area contributed by atoms with Crippen LogP contribution in [-0.2, 0) is 11.3 Å². The van der Waals surface area contributed by atoms with Gasteiger partial charge in [-0.15, -0.1) is 0 Å². The molecule has 2 atom stereocenters. The fourth-order valence-electron chi connectivity index (χ4n) is 4.65. The zero-order valence-electron chi connectivity index (χ0n) is 19.1. The molecule has 1 aliphatic heterocycles. The molecule has 0 aromatic heterocycles. The Balaban J connectivity index is 1.82. The van der Waals surface area contributed by atoms with Crippen molar-refractivity contribution in [3.8, 4) is 5.75 Å². The Bertz CT molecular complexity index is 848. The van der Waals surface area contributed by atoms with Gasteiger partial charge >= 0.3 is 0 Å². The average Bonchev–Trinajstić information content (AvgIpc) is 3.09. The van der Waals surface area contributed by atoms with E-state index in [4.69, 9.17) is 4.74 Å². The van der Waals surface area contributed by atoms with E-state index in [0.29, 0.717) is 17.8 Å². The summed E-state index contributed by atoms with van der Waals surface area (Å²) in [6.45, 7) is 12.8. The van der Waals surface area contributed by atoms with Gasteiger partial charge in [0, 0.05) is 45.6 Å². The summed E-state index contributed by atoms with van der Waals surface area (Å²) in [4.78, 5) is 16.9. The monoisotopic (exact) mass is 408 g/mol. The first-order chi connectivity index (χ1) is 14.4. The number of benzene rings is 2. The summed E-state index contributed by atoms with van der Waals surface area (Å²) in [6.07, 6.45) is 0. The Morgan fingerprint density at radius 1 is 1.17 bits per heavy atom. The molecule has 1 amide bonds. The lowest BCUT2D eigenvalue weighted by Gasteiger charge is -2.29. The zero-order valence-corrected chi connectivity index (χ0v) is 19.1. The molecule has 0 spiro atoms. The molecule has 30 heavy (non-hydrogen) atoms. The number of amides is 1. The van der Waals surface area contributed by atoms with Crippen molar-refractivity contribution < 1.29 is 9.53 Å². The summed E-state index contributed by atoms with van der Waals surface area (Å²) < 4.78 is 5.48. The van der Waals surface area contributed by atoms with Crippen LogP contribution in [0.5, 0.6) is 5.75 Å². The fourth-order valence-corrected chi connectivity index (χ4v) is 4.65. The van der Waals surface area contributed by atoms with Crippen LogP contribution in [0.1, 0.15) is 43.4 Å². The molecule has 0 saturated carbocycles. The van der Waals surface area contributed by atoms with Gasteiger partial charge in [0.2, 0.25) is 5.91 Å². The lowest BCUT2D eigenvalue weighted by Crippen LogP contribution is -2.38. The number of methoxy groups -OCH3 is 1. The summed E-state index contributed by atoms with van der Waals surface area (Å²) in [7, 11) is 1.72. The van der Waals surface area contributed by atoms with E-state index >= 15 is 0 Å². The molecule has 1 heterocycles. The van der Waals surface area contributed by atoms with E-state index in [-0.39, 0.29) is 5.91 Å². The molecule has 0 N–H and O–H groups in total. The smallest absolute Gasteiger partial charge is 0.219 e. The Hall–Kier alpha value is -2.33. The molecule has 4 heteroatoms. The number of nitrogens with zero attached hydrogens (tertiary/aromatic N) is 2. The number of hydrogen-bond acceptors (Lipinski definition) is 3. The second-order valence-electron chi connectivity index (χ2n) is 9.14. The maximum Gasteiger partial charge on any atom is 0.219 e. The SMILES string of the molecule is COc1cccc(C2CN(Cc3cccc(C)c3)CC2CN(CC(C)C)C(C)=O)c1. The molecule has 2 aromatic carbocycles. The summed E-state index contributed by atoms with van der Waals surface area (Å²) in [5.41, 5.74) is 3.96. The lowest BCUT2D eigenvalue weighted by molar-refractivity contribution is -0.130. The van der Waals surface area contributed by atoms with Gasteiger partial charge in [-0.3, -0.25) is 9.69 Å². The van der Waals surface area contributed by atoms with Gasteiger partial charge in [-0.1, -0.05) is 55.8 Å². The molecule has 4 nitrogen and oxygen atoms in total. The molecule has 1 aliphatic rings. The van der Waals surface area contributed by atoms with E-state index in [1.165, 1.54) is 16.7 Å². The number of ether oxygens (including phenoxy) is 1.